The quantitative estimate of drug-likeness (QED) is 0.405. The third-order valence-electron chi connectivity index (χ3n) is 1.33. The normalized spacial score (nSPS) is 10.6. The Morgan fingerprint density at radius 2 is 2.62 bits per heavy atom. The van der Waals surface area contributed by atoms with Crippen LogP contribution in [0.1, 0.15) is 5.82 Å². The van der Waals surface area contributed by atoms with E-state index in [0.717, 1.165) is 0 Å². The highest BCUT2D eigenvalue weighted by Gasteiger charge is 2.08. The summed E-state index contributed by atoms with van der Waals surface area (Å²) >= 11 is 0. The molecule has 1 aromatic heterocycles. The van der Waals surface area contributed by atoms with E-state index in [0.29, 0.717) is 5.82 Å². The number of imidazole rings is 1. The van der Waals surface area contributed by atoms with Crippen LogP contribution in [0.2, 0.25) is 0 Å². The molecule has 1 aromatic rings. The van der Waals surface area contributed by atoms with Gasteiger partial charge in [0.25, 0.3) is 0 Å². The molecule has 0 radical (unpaired) electrons. The number of esters is 1. The highest BCUT2D eigenvalue weighted by Crippen LogP contribution is 2.01. The van der Waals surface area contributed by atoms with Crippen LogP contribution in [0.25, 0.3) is 6.08 Å². The molecule has 0 fully saturated rings. The van der Waals surface area contributed by atoms with Crippen molar-refractivity contribution in [3.8, 4) is 6.07 Å². The highest BCUT2D eigenvalue weighted by molar-refractivity contribution is 5.97. The summed E-state index contributed by atoms with van der Waals surface area (Å²) < 4.78 is 4.38. The SMILES string of the molecule is COC(=O)/C(C#N)=C/c1ncc[nH]1. The summed E-state index contributed by atoms with van der Waals surface area (Å²) in [5, 5.41) is 8.57. The number of nitrogens with zero attached hydrogens (tertiary/aromatic N) is 2. The van der Waals surface area contributed by atoms with Gasteiger partial charge in [-0.3, -0.25) is 0 Å². The Balaban J connectivity index is 2.91. The van der Waals surface area contributed by atoms with Gasteiger partial charge in [-0.05, 0) is 0 Å². The van der Waals surface area contributed by atoms with E-state index in [4.69, 9.17) is 5.26 Å². The second kappa shape index (κ2) is 4.07. The Bertz CT molecular complexity index is 359. The average Bonchev–Trinajstić information content (AvgIpc) is 2.65. The third-order valence-corrected chi connectivity index (χ3v) is 1.33. The molecule has 66 valence electrons. The molecule has 13 heavy (non-hydrogen) atoms. The molecule has 0 saturated heterocycles. The monoisotopic (exact) mass is 177 g/mol. The molecule has 0 unspecified atom stereocenters. The lowest BCUT2D eigenvalue weighted by molar-refractivity contribution is -0.135. The summed E-state index contributed by atoms with van der Waals surface area (Å²) in [6, 6.07) is 1.72. The number of carbonyl (C=O) groups excluding carboxylic acids is 1. The van der Waals surface area contributed by atoms with Gasteiger partial charge >= 0.3 is 5.97 Å². The van der Waals surface area contributed by atoms with E-state index in [1.54, 1.807) is 12.3 Å². The number of ether oxygens (including phenoxy) is 1. The summed E-state index contributed by atoms with van der Waals surface area (Å²) in [5.41, 5.74) is -0.0857. The van der Waals surface area contributed by atoms with Crippen LogP contribution in [0.15, 0.2) is 18.0 Å². The van der Waals surface area contributed by atoms with Crippen LogP contribution in [0.4, 0.5) is 0 Å². The smallest absolute Gasteiger partial charge is 0.348 e. The Kier molecular flexibility index (Phi) is 2.82. The molecule has 1 rings (SSSR count). The van der Waals surface area contributed by atoms with E-state index >= 15 is 0 Å². The van der Waals surface area contributed by atoms with Gasteiger partial charge in [0.2, 0.25) is 0 Å². The molecule has 0 bridgehead atoms. The van der Waals surface area contributed by atoms with Crippen LogP contribution in [0, 0.1) is 11.3 Å². The molecule has 1 heterocycles. The van der Waals surface area contributed by atoms with Gasteiger partial charge in [0.1, 0.15) is 17.5 Å². The molecule has 0 aliphatic rings. The van der Waals surface area contributed by atoms with Gasteiger partial charge in [-0.1, -0.05) is 0 Å². The van der Waals surface area contributed by atoms with Crippen LogP contribution < -0.4 is 0 Å². The summed E-state index contributed by atoms with van der Waals surface area (Å²) in [4.78, 5) is 17.5. The maximum atomic E-state index is 10.9. The number of hydrogen-bond donors (Lipinski definition) is 1. The number of hydrogen-bond acceptors (Lipinski definition) is 4. The fraction of sp³-hybridized carbons (Fsp3) is 0.125. The van der Waals surface area contributed by atoms with Gasteiger partial charge in [0.05, 0.1) is 7.11 Å². The van der Waals surface area contributed by atoms with Crippen molar-refractivity contribution in [2.75, 3.05) is 7.11 Å². The number of H-pyrrole nitrogens is 1. The lowest BCUT2D eigenvalue weighted by atomic mass is 10.3. The van der Waals surface area contributed by atoms with Crippen molar-refractivity contribution in [3.63, 3.8) is 0 Å². The summed E-state index contributed by atoms with van der Waals surface area (Å²) in [6.07, 6.45) is 4.45. The average molecular weight is 177 g/mol. The molecule has 1 N–H and O–H groups in total. The van der Waals surface area contributed by atoms with E-state index in [1.807, 2.05) is 0 Å². The molecule has 0 amide bonds. The minimum Gasteiger partial charge on any atom is -0.465 e. The largest absolute Gasteiger partial charge is 0.465 e. The Morgan fingerprint density at radius 3 is 3.08 bits per heavy atom. The first-order valence-corrected chi connectivity index (χ1v) is 3.47. The van der Waals surface area contributed by atoms with Crippen molar-refractivity contribution in [2.45, 2.75) is 0 Å². The summed E-state index contributed by atoms with van der Waals surface area (Å²) in [6.45, 7) is 0. The van der Waals surface area contributed by atoms with E-state index in [9.17, 15) is 4.79 Å². The standard InChI is InChI=1S/C8H7N3O2/c1-13-8(12)6(5-9)4-7-10-2-3-11-7/h2-4H,1H3,(H,10,11)/b6-4+. The van der Waals surface area contributed by atoms with Gasteiger partial charge < -0.3 is 9.72 Å². The first-order valence-electron chi connectivity index (χ1n) is 3.47. The minimum absolute atomic E-state index is 0.0857. The van der Waals surface area contributed by atoms with E-state index in [2.05, 4.69) is 14.7 Å². The zero-order valence-electron chi connectivity index (χ0n) is 6.94. The number of nitriles is 1. The van der Waals surface area contributed by atoms with E-state index < -0.39 is 5.97 Å². The number of aromatic amines is 1. The molecule has 0 spiro atoms. The second-order valence-electron chi connectivity index (χ2n) is 2.14. The minimum atomic E-state index is -0.668. The van der Waals surface area contributed by atoms with E-state index in [-0.39, 0.29) is 5.57 Å². The second-order valence-corrected chi connectivity index (χ2v) is 2.14. The third kappa shape index (κ3) is 2.17. The summed E-state index contributed by atoms with van der Waals surface area (Å²) in [7, 11) is 1.22. The Labute approximate surface area is 74.7 Å². The molecule has 5 heteroatoms. The molecule has 0 atom stereocenters. The van der Waals surface area contributed by atoms with Crippen molar-refractivity contribution < 1.29 is 9.53 Å². The first kappa shape index (κ1) is 9.00. The number of carbonyl (C=O) groups is 1. The predicted molar refractivity (Wildman–Crippen MR) is 44.2 cm³/mol. The molecule has 0 aliphatic heterocycles. The highest BCUT2D eigenvalue weighted by atomic mass is 16.5. The van der Waals surface area contributed by atoms with Gasteiger partial charge in [0, 0.05) is 18.5 Å². The first-order chi connectivity index (χ1) is 6.27. The zero-order valence-corrected chi connectivity index (χ0v) is 6.94. The molecule has 0 saturated carbocycles. The lowest BCUT2D eigenvalue weighted by Gasteiger charge is -1.93. The van der Waals surface area contributed by atoms with Crippen molar-refractivity contribution in [3.05, 3.63) is 23.8 Å². The maximum absolute atomic E-state index is 10.9. The van der Waals surface area contributed by atoms with Crippen LogP contribution in [-0.2, 0) is 9.53 Å². The van der Waals surface area contributed by atoms with Crippen molar-refractivity contribution in [1.82, 2.24) is 9.97 Å². The lowest BCUT2D eigenvalue weighted by Crippen LogP contribution is -2.02. The number of aromatic nitrogens is 2. The molecular formula is C8H7N3O2. The molecular weight excluding hydrogens is 170 g/mol. The Morgan fingerprint density at radius 1 is 1.85 bits per heavy atom. The van der Waals surface area contributed by atoms with Gasteiger partial charge in [-0.15, -0.1) is 0 Å². The number of nitrogens with one attached hydrogen (secondary N) is 1. The fourth-order valence-electron chi connectivity index (χ4n) is 0.740. The van der Waals surface area contributed by atoms with Crippen molar-refractivity contribution in [2.24, 2.45) is 0 Å². The Hall–Kier alpha value is -2.09. The fourth-order valence-corrected chi connectivity index (χ4v) is 0.740. The molecule has 0 aliphatic carbocycles. The number of methoxy groups -OCH3 is 1. The topological polar surface area (TPSA) is 78.8 Å². The van der Waals surface area contributed by atoms with Crippen LogP contribution in [-0.4, -0.2) is 23.0 Å². The van der Waals surface area contributed by atoms with Crippen LogP contribution in [0.5, 0.6) is 0 Å². The summed E-state index contributed by atoms with van der Waals surface area (Å²) in [5.74, 6) is -0.221. The maximum Gasteiger partial charge on any atom is 0.348 e. The predicted octanol–water partition coefficient (Wildman–Crippen LogP) is 0.490. The molecule has 0 aromatic carbocycles. The van der Waals surface area contributed by atoms with Crippen LogP contribution >= 0.6 is 0 Å². The van der Waals surface area contributed by atoms with Crippen molar-refractivity contribution >= 4 is 12.0 Å². The van der Waals surface area contributed by atoms with E-state index in [1.165, 1.54) is 19.4 Å². The van der Waals surface area contributed by atoms with Gasteiger partial charge in [-0.25, -0.2) is 9.78 Å². The number of rotatable bonds is 2. The molecule has 5 nitrogen and oxygen atoms in total. The van der Waals surface area contributed by atoms with Crippen LogP contribution in [0.3, 0.4) is 0 Å². The van der Waals surface area contributed by atoms with Gasteiger partial charge in [0.15, 0.2) is 0 Å². The van der Waals surface area contributed by atoms with Crippen molar-refractivity contribution in [1.29, 1.82) is 5.26 Å². The van der Waals surface area contributed by atoms with Gasteiger partial charge in [-0.2, -0.15) is 5.26 Å². The zero-order chi connectivity index (χ0) is 9.68.